The number of anilines is 1. The van der Waals surface area contributed by atoms with Gasteiger partial charge in [0.1, 0.15) is 5.75 Å². The molecule has 2 heterocycles. The number of hydrogen-bond donors (Lipinski definition) is 2. The van der Waals surface area contributed by atoms with Crippen molar-refractivity contribution in [3.8, 4) is 5.75 Å². The van der Waals surface area contributed by atoms with Crippen LogP contribution in [0.25, 0.3) is 10.9 Å². The number of hydrogen-bond acceptors (Lipinski definition) is 5. The van der Waals surface area contributed by atoms with Crippen molar-refractivity contribution in [3.63, 3.8) is 0 Å². The summed E-state index contributed by atoms with van der Waals surface area (Å²) in [7, 11) is 1.63. The Bertz CT molecular complexity index is 1140. The number of nitro groups is 1. The Hall–Kier alpha value is -3.87. The van der Waals surface area contributed by atoms with E-state index in [0.29, 0.717) is 6.54 Å². The fourth-order valence-corrected chi connectivity index (χ4v) is 3.50. The summed E-state index contributed by atoms with van der Waals surface area (Å²) >= 11 is 0. The highest BCUT2D eigenvalue weighted by atomic mass is 16.6. The molecule has 0 aliphatic carbocycles. The molecule has 0 aliphatic rings. The third-order valence-electron chi connectivity index (χ3n) is 4.97. The van der Waals surface area contributed by atoms with Crippen LogP contribution in [0.1, 0.15) is 17.0 Å². The first kappa shape index (κ1) is 18.5. The molecule has 146 valence electrons. The number of pyridine rings is 1. The summed E-state index contributed by atoms with van der Waals surface area (Å²) in [5.74, 6) is 0.995. The van der Waals surface area contributed by atoms with Crippen molar-refractivity contribution < 1.29 is 9.66 Å². The molecule has 0 fully saturated rings. The Kier molecular flexibility index (Phi) is 5.11. The van der Waals surface area contributed by atoms with Crippen molar-refractivity contribution in [2.24, 2.45) is 0 Å². The fourth-order valence-electron chi connectivity index (χ4n) is 3.50. The molecule has 0 amide bonds. The Balaban J connectivity index is 1.71. The average molecular weight is 388 g/mol. The minimum absolute atomic E-state index is 0.0418. The summed E-state index contributed by atoms with van der Waals surface area (Å²) in [5.41, 5.74) is 3.18. The maximum absolute atomic E-state index is 11.3. The van der Waals surface area contributed by atoms with Gasteiger partial charge in [0.15, 0.2) is 0 Å². The number of nitrogens with one attached hydrogen (secondary N) is 2. The third kappa shape index (κ3) is 3.75. The summed E-state index contributed by atoms with van der Waals surface area (Å²) in [6.07, 6.45) is 3.54. The summed E-state index contributed by atoms with van der Waals surface area (Å²) < 4.78 is 5.27. The maximum atomic E-state index is 11.3. The predicted octanol–water partition coefficient (Wildman–Crippen LogP) is 4.72. The second-order valence-corrected chi connectivity index (χ2v) is 6.62. The highest BCUT2D eigenvalue weighted by molar-refractivity contribution is 5.84. The van der Waals surface area contributed by atoms with Gasteiger partial charge in [-0.2, -0.15) is 0 Å². The van der Waals surface area contributed by atoms with Crippen molar-refractivity contribution in [2.75, 3.05) is 19.0 Å². The van der Waals surface area contributed by atoms with Crippen molar-refractivity contribution in [1.82, 2.24) is 9.97 Å². The molecule has 0 saturated heterocycles. The summed E-state index contributed by atoms with van der Waals surface area (Å²) in [5, 5.41) is 15.6. The van der Waals surface area contributed by atoms with Gasteiger partial charge in [-0.15, -0.1) is 0 Å². The van der Waals surface area contributed by atoms with E-state index < -0.39 is 4.92 Å². The summed E-state index contributed by atoms with van der Waals surface area (Å²) in [6, 6.07) is 19.0. The zero-order valence-corrected chi connectivity index (χ0v) is 15.8. The molecule has 7 nitrogen and oxygen atoms in total. The monoisotopic (exact) mass is 388 g/mol. The number of aromatic amines is 1. The lowest BCUT2D eigenvalue weighted by atomic mass is 9.90. The van der Waals surface area contributed by atoms with Gasteiger partial charge in [0.2, 0.25) is 5.82 Å². The molecule has 0 saturated carbocycles. The first-order chi connectivity index (χ1) is 14.2. The van der Waals surface area contributed by atoms with E-state index >= 15 is 0 Å². The van der Waals surface area contributed by atoms with Crippen LogP contribution in [0.3, 0.4) is 0 Å². The molecule has 2 aromatic carbocycles. The molecule has 0 bridgehead atoms. The molecular formula is C22H20N4O3. The Labute approximate surface area is 167 Å². The number of fused-ring (bicyclic) bond motifs is 1. The zero-order valence-electron chi connectivity index (χ0n) is 15.8. The molecule has 0 unspecified atom stereocenters. The number of rotatable bonds is 7. The van der Waals surface area contributed by atoms with Crippen LogP contribution in [-0.2, 0) is 0 Å². The molecule has 29 heavy (non-hydrogen) atoms. The topological polar surface area (TPSA) is 93.1 Å². The zero-order chi connectivity index (χ0) is 20.2. The van der Waals surface area contributed by atoms with E-state index in [1.165, 1.54) is 6.07 Å². The number of methoxy groups -OCH3 is 1. The Morgan fingerprint density at radius 2 is 1.93 bits per heavy atom. The summed E-state index contributed by atoms with van der Waals surface area (Å²) in [4.78, 5) is 18.4. The van der Waals surface area contributed by atoms with Gasteiger partial charge in [0, 0.05) is 41.8 Å². The molecule has 0 aliphatic heterocycles. The van der Waals surface area contributed by atoms with Gasteiger partial charge in [-0.1, -0.05) is 30.3 Å². The Morgan fingerprint density at radius 1 is 1.14 bits per heavy atom. The maximum Gasteiger partial charge on any atom is 0.311 e. The highest BCUT2D eigenvalue weighted by Crippen LogP contribution is 2.32. The van der Waals surface area contributed by atoms with E-state index in [-0.39, 0.29) is 17.4 Å². The van der Waals surface area contributed by atoms with Crippen LogP contribution in [0.5, 0.6) is 5.75 Å². The number of benzene rings is 2. The van der Waals surface area contributed by atoms with Crippen LogP contribution in [0.15, 0.2) is 73.1 Å². The van der Waals surface area contributed by atoms with Crippen LogP contribution < -0.4 is 10.1 Å². The van der Waals surface area contributed by atoms with Crippen molar-refractivity contribution in [1.29, 1.82) is 0 Å². The van der Waals surface area contributed by atoms with Crippen molar-refractivity contribution in [3.05, 3.63) is 94.3 Å². The first-order valence-corrected chi connectivity index (χ1v) is 9.20. The van der Waals surface area contributed by atoms with Crippen molar-refractivity contribution in [2.45, 2.75) is 5.92 Å². The second-order valence-electron chi connectivity index (χ2n) is 6.62. The lowest BCUT2D eigenvalue weighted by Crippen LogP contribution is -2.15. The normalized spacial score (nSPS) is 11.9. The average Bonchev–Trinajstić information content (AvgIpc) is 3.18. The van der Waals surface area contributed by atoms with Gasteiger partial charge in [0.05, 0.1) is 12.0 Å². The summed E-state index contributed by atoms with van der Waals surface area (Å²) in [6.45, 7) is 0.450. The fraction of sp³-hybridized carbons (Fsp3) is 0.136. The van der Waals surface area contributed by atoms with Crippen LogP contribution in [0, 0.1) is 10.1 Å². The van der Waals surface area contributed by atoms with E-state index in [1.54, 1.807) is 19.4 Å². The molecule has 1 atom stereocenters. The van der Waals surface area contributed by atoms with Gasteiger partial charge >= 0.3 is 5.69 Å². The van der Waals surface area contributed by atoms with Gasteiger partial charge in [-0.25, -0.2) is 4.98 Å². The van der Waals surface area contributed by atoms with Gasteiger partial charge in [0.25, 0.3) is 0 Å². The van der Waals surface area contributed by atoms with E-state index in [2.05, 4.69) is 21.4 Å². The van der Waals surface area contributed by atoms with Crippen LogP contribution in [-0.4, -0.2) is 28.5 Å². The number of ether oxygens (including phenoxy) is 1. The van der Waals surface area contributed by atoms with E-state index in [1.807, 2.05) is 48.7 Å². The lowest BCUT2D eigenvalue weighted by molar-refractivity contribution is -0.384. The highest BCUT2D eigenvalue weighted by Gasteiger charge is 2.21. The molecule has 4 aromatic rings. The van der Waals surface area contributed by atoms with Crippen LogP contribution >= 0.6 is 0 Å². The molecule has 4 rings (SSSR count). The van der Waals surface area contributed by atoms with Crippen LogP contribution in [0.4, 0.5) is 11.5 Å². The predicted molar refractivity (Wildman–Crippen MR) is 113 cm³/mol. The molecule has 2 N–H and O–H groups in total. The SMILES string of the molecule is COc1ccc([C@@H](CNc2ncccc2[N+](=O)[O-])c2c[nH]c3ccccc23)cc1. The van der Waals surface area contributed by atoms with Gasteiger partial charge < -0.3 is 15.0 Å². The standard InChI is InChI=1S/C22H20N4O3/c1-29-16-10-8-15(9-11-16)18(19-14-24-20-6-3-2-5-17(19)20)13-25-22-21(26(27)28)7-4-12-23-22/h2-12,14,18,24H,13H2,1H3,(H,23,25)/t18-/m1/s1. The first-order valence-electron chi connectivity index (χ1n) is 9.20. The minimum Gasteiger partial charge on any atom is -0.497 e. The number of aromatic nitrogens is 2. The largest absolute Gasteiger partial charge is 0.497 e. The molecule has 2 aromatic heterocycles. The third-order valence-corrected chi connectivity index (χ3v) is 4.97. The minimum atomic E-state index is -0.427. The number of nitrogens with zero attached hydrogens (tertiary/aromatic N) is 2. The van der Waals surface area contributed by atoms with Crippen LogP contribution in [0.2, 0.25) is 0 Å². The lowest BCUT2D eigenvalue weighted by Gasteiger charge is -2.19. The van der Waals surface area contributed by atoms with Gasteiger partial charge in [-0.05, 0) is 35.4 Å². The number of para-hydroxylation sites is 1. The van der Waals surface area contributed by atoms with E-state index in [0.717, 1.165) is 27.8 Å². The molecule has 0 radical (unpaired) electrons. The molecular weight excluding hydrogens is 368 g/mol. The second kappa shape index (κ2) is 8.02. The van der Waals surface area contributed by atoms with Gasteiger partial charge in [-0.3, -0.25) is 10.1 Å². The number of H-pyrrole nitrogens is 1. The molecule has 7 heteroatoms. The smallest absolute Gasteiger partial charge is 0.311 e. The van der Waals surface area contributed by atoms with E-state index in [4.69, 9.17) is 4.74 Å². The quantitative estimate of drug-likeness (QED) is 0.353. The Morgan fingerprint density at radius 3 is 2.69 bits per heavy atom. The molecule has 0 spiro atoms. The van der Waals surface area contributed by atoms with E-state index in [9.17, 15) is 10.1 Å². The van der Waals surface area contributed by atoms with Crippen molar-refractivity contribution >= 4 is 22.4 Å².